The Kier molecular flexibility index (Phi) is 6.41. The molecule has 6 rings (SSSR count). The molecule has 2 atom stereocenters. The largest absolute Gasteiger partial charge is 0.491 e. The number of nitrogens with one attached hydrogen (secondary N) is 3. The topological polar surface area (TPSA) is 140 Å². The minimum Gasteiger partial charge on any atom is -0.491 e. The molecule has 3 N–H and O–H groups in total. The van der Waals surface area contributed by atoms with Gasteiger partial charge in [0, 0.05) is 35.8 Å². The summed E-state index contributed by atoms with van der Waals surface area (Å²) in [5.41, 5.74) is 2.66. The highest BCUT2D eigenvalue weighted by Crippen LogP contribution is 2.39. The van der Waals surface area contributed by atoms with Crippen molar-refractivity contribution in [3.8, 4) is 17.3 Å². The molecule has 5 heterocycles. The third-order valence-electron chi connectivity index (χ3n) is 6.13. The second-order valence-corrected chi connectivity index (χ2v) is 9.98. The fourth-order valence-corrected chi connectivity index (χ4v) is 5.48. The number of ether oxygens (including phenoxy) is 2. The van der Waals surface area contributed by atoms with Gasteiger partial charge in [0.2, 0.25) is 0 Å². The van der Waals surface area contributed by atoms with Crippen molar-refractivity contribution in [3.63, 3.8) is 0 Å². The number of aromatic amines is 1. The van der Waals surface area contributed by atoms with E-state index < -0.39 is 4.87 Å². The predicted octanol–water partition coefficient (Wildman–Crippen LogP) is 2.94. The van der Waals surface area contributed by atoms with Gasteiger partial charge in [0.1, 0.15) is 23.5 Å². The number of rotatable bonds is 6. The lowest BCUT2D eigenvalue weighted by molar-refractivity contribution is 0.0923. The summed E-state index contributed by atoms with van der Waals surface area (Å²) in [5, 5.41) is 14.1. The molecule has 12 heteroatoms. The maximum atomic E-state index is 13.2. The number of carbonyl (C=O) groups is 1. The maximum Gasteiger partial charge on any atom is 0.251 e. The Labute approximate surface area is 216 Å². The van der Waals surface area contributed by atoms with Crippen LogP contribution >= 0.6 is 11.8 Å². The number of hydrogen-bond donors (Lipinski definition) is 3. The average molecular weight is 517 g/mol. The molecule has 0 bridgehead atoms. The normalized spacial score (nSPS) is 20.9. The van der Waals surface area contributed by atoms with Gasteiger partial charge in [-0.05, 0) is 36.4 Å². The van der Waals surface area contributed by atoms with Gasteiger partial charge < -0.3 is 20.1 Å². The highest BCUT2D eigenvalue weighted by atomic mass is 32.2. The molecule has 11 nitrogen and oxygen atoms in total. The first-order valence-corrected chi connectivity index (χ1v) is 12.9. The molecule has 0 aliphatic carbocycles. The third kappa shape index (κ3) is 4.85. The molecular formula is C25H24N8O3S. The zero-order chi connectivity index (χ0) is 25.1. The van der Waals surface area contributed by atoms with Crippen molar-refractivity contribution in [2.75, 3.05) is 30.9 Å². The summed E-state index contributed by atoms with van der Waals surface area (Å²) in [6.07, 6.45) is 5.48. The van der Waals surface area contributed by atoms with Crippen LogP contribution in [0.1, 0.15) is 34.3 Å². The van der Waals surface area contributed by atoms with E-state index in [9.17, 15) is 4.79 Å². The summed E-state index contributed by atoms with van der Waals surface area (Å²) < 4.78 is 11.5. The lowest BCUT2D eigenvalue weighted by Gasteiger charge is -2.36. The van der Waals surface area contributed by atoms with Crippen molar-refractivity contribution in [3.05, 3.63) is 78.3 Å². The molecule has 1 amide bonds. The van der Waals surface area contributed by atoms with E-state index in [0.717, 1.165) is 17.1 Å². The van der Waals surface area contributed by atoms with Crippen molar-refractivity contribution in [2.45, 2.75) is 17.3 Å². The SMILES string of the molecule is O=C(NC1CCOc2cccnc21)c1cccc(N[C@@]2(c3nc(-c4ccncn4)n[nH]3)COCCS2)c1. The van der Waals surface area contributed by atoms with E-state index in [0.29, 0.717) is 54.9 Å². The van der Waals surface area contributed by atoms with Crippen molar-refractivity contribution in [2.24, 2.45) is 0 Å². The predicted molar refractivity (Wildman–Crippen MR) is 137 cm³/mol. The molecule has 1 fully saturated rings. The fraction of sp³-hybridized carbons (Fsp3) is 0.280. The Bertz CT molecular complexity index is 1390. The first-order valence-electron chi connectivity index (χ1n) is 11.9. The van der Waals surface area contributed by atoms with Crippen LogP contribution in [-0.4, -0.2) is 61.6 Å². The second-order valence-electron chi connectivity index (χ2n) is 8.59. The van der Waals surface area contributed by atoms with Crippen molar-refractivity contribution >= 4 is 23.4 Å². The smallest absolute Gasteiger partial charge is 0.251 e. The van der Waals surface area contributed by atoms with Gasteiger partial charge in [-0.25, -0.2) is 15.0 Å². The molecule has 0 saturated carbocycles. The standard InChI is InChI=1S/C25H24N8O3S/c34-23(29-18-7-10-36-20-5-2-8-27-21(18)20)16-3-1-4-17(13-16)31-25(14-35-11-12-37-25)24-30-22(32-33-24)19-6-9-26-15-28-19/h1-6,8-9,13,15,18,31H,7,10-12,14H2,(H,29,34)(H,30,32,33)/t18?,25-/m0/s1. The number of aromatic nitrogens is 6. The second kappa shape index (κ2) is 10.1. The van der Waals surface area contributed by atoms with Crippen molar-refractivity contribution < 1.29 is 14.3 Å². The van der Waals surface area contributed by atoms with Gasteiger partial charge in [0.05, 0.1) is 25.9 Å². The summed E-state index contributed by atoms with van der Waals surface area (Å²) in [7, 11) is 0. The van der Waals surface area contributed by atoms with Gasteiger partial charge >= 0.3 is 0 Å². The van der Waals surface area contributed by atoms with Crippen LogP contribution in [0.5, 0.6) is 5.75 Å². The number of H-pyrrole nitrogens is 1. The molecule has 1 saturated heterocycles. The van der Waals surface area contributed by atoms with Crippen molar-refractivity contribution in [1.29, 1.82) is 0 Å². The van der Waals surface area contributed by atoms with Crippen LogP contribution in [0.3, 0.4) is 0 Å². The summed E-state index contributed by atoms with van der Waals surface area (Å²) in [6, 6.07) is 12.6. The highest BCUT2D eigenvalue weighted by Gasteiger charge is 2.39. The number of anilines is 1. The minimum atomic E-state index is -0.713. The Balaban J connectivity index is 1.23. The van der Waals surface area contributed by atoms with E-state index in [-0.39, 0.29) is 11.9 Å². The number of carbonyl (C=O) groups excluding carboxylic acids is 1. The quantitative estimate of drug-likeness (QED) is 0.350. The molecule has 0 spiro atoms. The maximum absolute atomic E-state index is 13.2. The number of hydrogen-bond acceptors (Lipinski definition) is 10. The van der Waals surface area contributed by atoms with Gasteiger partial charge in [-0.2, -0.15) is 5.10 Å². The van der Waals surface area contributed by atoms with Gasteiger partial charge in [0.15, 0.2) is 16.5 Å². The van der Waals surface area contributed by atoms with Crippen LogP contribution in [-0.2, 0) is 9.61 Å². The molecule has 0 radical (unpaired) electrons. The highest BCUT2D eigenvalue weighted by molar-refractivity contribution is 8.00. The number of amides is 1. The molecule has 2 aliphatic heterocycles. The lowest BCUT2D eigenvalue weighted by Crippen LogP contribution is -2.42. The summed E-state index contributed by atoms with van der Waals surface area (Å²) in [6.45, 7) is 1.54. The van der Waals surface area contributed by atoms with Crippen LogP contribution in [0, 0.1) is 0 Å². The van der Waals surface area contributed by atoms with E-state index in [2.05, 4.69) is 35.8 Å². The van der Waals surface area contributed by atoms with Crippen LogP contribution in [0.25, 0.3) is 11.5 Å². The zero-order valence-electron chi connectivity index (χ0n) is 19.8. The Morgan fingerprint density at radius 1 is 1.14 bits per heavy atom. The van der Waals surface area contributed by atoms with E-state index in [1.807, 2.05) is 30.3 Å². The summed E-state index contributed by atoms with van der Waals surface area (Å²) in [5.74, 6) is 2.39. The minimum absolute atomic E-state index is 0.181. The number of nitrogens with zero attached hydrogens (tertiary/aromatic N) is 5. The first-order chi connectivity index (χ1) is 18.2. The molecule has 37 heavy (non-hydrogen) atoms. The Morgan fingerprint density at radius 2 is 2.11 bits per heavy atom. The van der Waals surface area contributed by atoms with E-state index in [1.165, 1.54) is 6.33 Å². The summed E-state index contributed by atoms with van der Waals surface area (Å²) in [4.78, 5) is 29.8. The molecular weight excluding hydrogens is 492 g/mol. The van der Waals surface area contributed by atoms with Crippen LogP contribution in [0.15, 0.2) is 61.2 Å². The Morgan fingerprint density at radius 3 is 2.97 bits per heavy atom. The van der Waals surface area contributed by atoms with E-state index >= 15 is 0 Å². The summed E-state index contributed by atoms with van der Waals surface area (Å²) >= 11 is 1.68. The molecule has 1 aromatic carbocycles. The molecule has 3 aromatic heterocycles. The molecule has 188 valence electrons. The Hall–Kier alpha value is -4.03. The monoisotopic (exact) mass is 516 g/mol. The fourth-order valence-electron chi connectivity index (χ4n) is 4.34. The first kappa shape index (κ1) is 23.4. The molecule has 4 aromatic rings. The van der Waals surface area contributed by atoms with Crippen LogP contribution < -0.4 is 15.4 Å². The van der Waals surface area contributed by atoms with Gasteiger partial charge in [-0.15, -0.1) is 11.8 Å². The van der Waals surface area contributed by atoms with E-state index in [4.69, 9.17) is 14.5 Å². The number of benzene rings is 1. The van der Waals surface area contributed by atoms with E-state index in [1.54, 1.807) is 36.3 Å². The van der Waals surface area contributed by atoms with Crippen LogP contribution in [0.4, 0.5) is 5.69 Å². The molecule has 2 aliphatic rings. The number of fused-ring (bicyclic) bond motifs is 1. The van der Waals surface area contributed by atoms with Gasteiger partial charge in [-0.1, -0.05) is 6.07 Å². The number of thioether (sulfide) groups is 1. The van der Waals surface area contributed by atoms with Crippen LogP contribution in [0.2, 0.25) is 0 Å². The molecule has 1 unspecified atom stereocenters. The number of pyridine rings is 1. The van der Waals surface area contributed by atoms with Gasteiger partial charge in [0.25, 0.3) is 5.91 Å². The van der Waals surface area contributed by atoms with Crippen molar-refractivity contribution in [1.82, 2.24) is 35.5 Å². The lowest BCUT2D eigenvalue weighted by atomic mass is 10.1. The third-order valence-corrected chi connectivity index (χ3v) is 7.41. The zero-order valence-corrected chi connectivity index (χ0v) is 20.6. The average Bonchev–Trinajstić information content (AvgIpc) is 3.46. The van der Waals surface area contributed by atoms with Gasteiger partial charge in [-0.3, -0.25) is 14.9 Å².